The first-order valence-electron chi connectivity index (χ1n) is 6.48. The molecule has 2 rings (SSSR count). The molecule has 2 heteroatoms. The van der Waals surface area contributed by atoms with E-state index in [0.717, 1.165) is 5.56 Å². The van der Waals surface area contributed by atoms with Crippen LogP contribution in [0.2, 0.25) is 0 Å². The van der Waals surface area contributed by atoms with Crippen LogP contribution in [0.5, 0.6) is 0 Å². The Bertz CT molecular complexity index is 532. The average molecular weight is 253 g/mol. The van der Waals surface area contributed by atoms with Gasteiger partial charge in [0.05, 0.1) is 5.54 Å². The van der Waals surface area contributed by atoms with E-state index in [1.807, 2.05) is 62.4 Å². The van der Waals surface area contributed by atoms with Crippen LogP contribution in [0.1, 0.15) is 29.8 Å². The van der Waals surface area contributed by atoms with E-state index in [1.165, 1.54) is 5.56 Å². The summed E-state index contributed by atoms with van der Waals surface area (Å²) in [4.78, 5) is 12.4. The Balaban J connectivity index is 2.04. The van der Waals surface area contributed by atoms with E-state index in [1.54, 1.807) is 0 Å². The van der Waals surface area contributed by atoms with Crippen molar-refractivity contribution in [3.63, 3.8) is 0 Å². The van der Waals surface area contributed by atoms with Crippen LogP contribution in [0.3, 0.4) is 0 Å². The van der Waals surface area contributed by atoms with Crippen LogP contribution in [-0.2, 0) is 6.54 Å². The molecule has 0 unspecified atom stereocenters. The van der Waals surface area contributed by atoms with Crippen molar-refractivity contribution in [2.45, 2.75) is 25.9 Å². The monoisotopic (exact) mass is 253 g/mol. The summed E-state index contributed by atoms with van der Waals surface area (Å²) in [6.45, 7) is 4.53. The highest BCUT2D eigenvalue weighted by atomic mass is 16.1. The third kappa shape index (κ3) is 3.52. The quantitative estimate of drug-likeness (QED) is 0.827. The molecule has 0 amide bonds. The number of nitrogens with one attached hydrogen (secondary N) is 1. The average Bonchev–Trinajstić information content (AvgIpc) is 2.46. The van der Waals surface area contributed by atoms with E-state index in [9.17, 15) is 4.79 Å². The number of Topliss-reactive ketones (excluding diaryl/α,β-unsaturated/α-hetero) is 1. The second-order valence-electron chi connectivity index (χ2n) is 5.16. The molecule has 0 saturated carbocycles. The van der Waals surface area contributed by atoms with Gasteiger partial charge in [-0.25, -0.2) is 0 Å². The molecule has 2 nitrogen and oxygen atoms in total. The van der Waals surface area contributed by atoms with Gasteiger partial charge in [0, 0.05) is 12.1 Å². The van der Waals surface area contributed by atoms with Crippen molar-refractivity contribution in [2.75, 3.05) is 0 Å². The van der Waals surface area contributed by atoms with Crippen LogP contribution in [-0.4, -0.2) is 11.3 Å². The van der Waals surface area contributed by atoms with Crippen molar-refractivity contribution in [3.05, 3.63) is 71.8 Å². The van der Waals surface area contributed by atoms with Crippen molar-refractivity contribution >= 4 is 5.78 Å². The van der Waals surface area contributed by atoms with Crippen LogP contribution in [0.25, 0.3) is 0 Å². The smallest absolute Gasteiger partial charge is 0.182 e. The molecule has 0 spiro atoms. The first kappa shape index (κ1) is 13.5. The molecule has 0 aromatic heterocycles. The van der Waals surface area contributed by atoms with Crippen LogP contribution >= 0.6 is 0 Å². The summed E-state index contributed by atoms with van der Waals surface area (Å²) < 4.78 is 0. The third-order valence-corrected chi connectivity index (χ3v) is 3.18. The largest absolute Gasteiger partial charge is 0.301 e. The molecular formula is C17H19NO. The molecule has 19 heavy (non-hydrogen) atoms. The summed E-state index contributed by atoms with van der Waals surface area (Å²) in [7, 11) is 0. The second kappa shape index (κ2) is 5.81. The predicted octanol–water partition coefficient (Wildman–Crippen LogP) is 3.44. The van der Waals surface area contributed by atoms with Crippen LogP contribution < -0.4 is 5.32 Å². The first-order valence-corrected chi connectivity index (χ1v) is 6.48. The Morgan fingerprint density at radius 2 is 1.47 bits per heavy atom. The molecule has 0 atom stereocenters. The summed E-state index contributed by atoms with van der Waals surface area (Å²) >= 11 is 0. The predicted molar refractivity (Wildman–Crippen MR) is 78.1 cm³/mol. The molecular weight excluding hydrogens is 234 g/mol. The van der Waals surface area contributed by atoms with Crippen LogP contribution in [0.4, 0.5) is 0 Å². The molecule has 98 valence electrons. The Morgan fingerprint density at radius 1 is 0.947 bits per heavy atom. The van der Waals surface area contributed by atoms with E-state index >= 15 is 0 Å². The van der Waals surface area contributed by atoms with Crippen LogP contribution in [0.15, 0.2) is 60.7 Å². The lowest BCUT2D eigenvalue weighted by atomic mass is 9.93. The van der Waals surface area contributed by atoms with Gasteiger partial charge in [-0.15, -0.1) is 0 Å². The van der Waals surface area contributed by atoms with Gasteiger partial charge in [0.25, 0.3) is 0 Å². The first-order chi connectivity index (χ1) is 9.09. The zero-order chi connectivity index (χ0) is 13.7. The normalized spacial score (nSPS) is 11.3. The number of benzene rings is 2. The SMILES string of the molecule is CC(C)(NCc1ccccc1)C(=O)c1ccccc1. The van der Waals surface area contributed by atoms with Gasteiger partial charge in [-0.2, -0.15) is 0 Å². The molecule has 2 aromatic rings. The fraction of sp³-hybridized carbons (Fsp3) is 0.235. The molecule has 0 bridgehead atoms. The maximum Gasteiger partial charge on any atom is 0.182 e. The van der Waals surface area contributed by atoms with E-state index in [4.69, 9.17) is 0 Å². The third-order valence-electron chi connectivity index (χ3n) is 3.18. The number of rotatable bonds is 5. The van der Waals surface area contributed by atoms with Crippen molar-refractivity contribution in [2.24, 2.45) is 0 Å². The molecule has 0 aliphatic carbocycles. The fourth-order valence-corrected chi connectivity index (χ4v) is 1.95. The highest BCUT2D eigenvalue weighted by Crippen LogP contribution is 2.13. The second-order valence-corrected chi connectivity index (χ2v) is 5.16. The van der Waals surface area contributed by atoms with Gasteiger partial charge in [0.2, 0.25) is 0 Å². The van der Waals surface area contributed by atoms with Crippen molar-refractivity contribution in [1.29, 1.82) is 0 Å². The Kier molecular flexibility index (Phi) is 4.13. The number of carbonyl (C=O) groups is 1. The summed E-state index contributed by atoms with van der Waals surface area (Å²) in [6, 6.07) is 19.5. The Labute approximate surface area is 114 Å². The lowest BCUT2D eigenvalue weighted by Gasteiger charge is -2.25. The van der Waals surface area contributed by atoms with Crippen LogP contribution in [0, 0.1) is 0 Å². The minimum absolute atomic E-state index is 0.115. The standard InChI is InChI=1S/C17H19NO/c1-17(2,16(19)15-11-7-4-8-12-15)18-13-14-9-5-3-6-10-14/h3-12,18H,13H2,1-2H3. The zero-order valence-corrected chi connectivity index (χ0v) is 11.4. The summed E-state index contributed by atoms with van der Waals surface area (Å²) in [5.41, 5.74) is 1.35. The summed E-state index contributed by atoms with van der Waals surface area (Å²) in [6.07, 6.45) is 0. The Hall–Kier alpha value is -1.93. The van der Waals surface area contributed by atoms with E-state index < -0.39 is 5.54 Å². The summed E-state index contributed by atoms with van der Waals surface area (Å²) in [5.74, 6) is 0.115. The molecule has 0 saturated heterocycles. The number of carbonyl (C=O) groups excluding carboxylic acids is 1. The molecule has 0 radical (unpaired) electrons. The Morgan fingerprint density at radius 3 is 2.05 bits per heavy atom. The highest BCUT2D eigenvalue weighted by molar-refractivity contribution is 6.02. The lowest BCUT2D eigenvalue weighted by molar-refractivity contribution is 0.0880. The molecule has 0 fully saturated rings. The maximum absolute atomic E-state index is 12.4. The van der Waals surface area contributed by atoms with Gasteiger partial charge in [-0.1, -0.05) is 60.7 Å². The van der Waals surface area contributed by atoms with Crippen molar-refractivity contribution in [3.8, 4) is 0 Å². The van der Waals surface area contributed by atoms with Gasteiger partial charge in [0.1, 0.15) is 0 Å². The minimum Gasteiger partial charge on any atom is -0.301 e. The fourth-order valence-electron chi connectivity index (χ4n) is 1.95. The van der Waals surface area contributed by atoms with Gasteiger partial charge in [-0.05, 0) is 19.4 Å². The van der Waals surface area contributed by atoms with E-state index in [2.05, 4.69) is 17.4 Å². The maximum atomic E-state index is 12.4. The highest BCUT2D eigenvalue weighted by Gasteiger charge is 2.27. The molecule has 1 N–H and O–H groups in total. The topological polar surface area (TPSA) is 29.1 Å². The number of hydrogen-bond acceptors (Lipinski definition) is 2. The van der Waals surface area contributed by atoms with Crippen molar-refractivity contribution in [1.82, 2.24) is 5.32 Å². The lowest BCUT2D eigenvalue weighted by Crippen LogP contribution is -2.46. The van der Waals surface area contributed by atoms with E-state index in [-0.39, 0.29) is 5.78 Å². The minimum atomic E-state index is -0.572. The number of hydrogen-bond donors (Lipinski definition) is 1. The molecule has 0 aliphatic heterocycles. The summed E-state index contributed by atoms with van der Waals surface area (Å²) in [5, 5.41) is 3.32. The molecule has 0 aliphatic rings. The van der Waals surface area contributed by atoms with E-state index in [0.29, 0.717) is 6.54 Å². The zero-order valence-electron chi connectivity index (χ0n) is 11.4. The number of ketones is 1. The van der Waals surface area contributed by atoms with Gasteiger partial charge in [0.15, 0.2) is 5.78 Å². The van der Waals surface area contributed by atoms with Crippen molar-refractivity contribution < 1.29 is 4.79 Å². The molecule has 0 heterocycles. The van der Waals surface area contributed by atoms with Gasteiger partial charge in [-0.3, -0.25) is 4.79 Å². The molecule has 2 aromatic carbocycles. The van der Waals surface area contributed by atoms with Gasteiger partial charge >= 0.3 is 0 Å². The van der Waals surface area contributed by atoms with Gasteiger partial charge < -0.3 is 5.32 Å².